The molecule has 0 fully saturated rings. The molecule has 402 valence electrons. The zero-order valence-electron chi connectivity index (χ0n) is 44.2. The van der Waals surface area contributed by atoms with Crippen molar-refractivity contribution in [1.82, 2.24) is 0 Å². The van der Waals surface area contributed by atoms with E-state index in [1.807, 2.05) is 12.2 Å². The van der Waals surface area contributed by atoms with Gasteiger partial charge in [-0.15, -0.1) is 0 Å². The van der Waals surface area contributed by atoms with Crippen molar-refractivity contribution in [2.75, 3.05) is 26.4 Å². The Morgan fingerprint density at radius 2 is 0.771 bits per heavy atom. The van der Waals surface area contributed by atoms with Gasteiger partial charge in [0.25, 0.3) is 0 Å². The molecule has 0 amide bonds. The predicted octanol–water partition coefficient (Wildman–Crippen LogP) is 15.9. The molecule has 11 nitrogen and oxygen atoms in total. The lowest BCUT2D eigenvalue weighted by atomic mass is 10.0. The second-order valence-corrected chi connectivity index (χ2v) is 19.4. The van der Waals surface area contributed by atoms with Crippen molar-refractivity contribution in [1.29, 1.82) is 0 Å². The minimum atomic E-state index is -4.77. The summed E-state index contributed by atoms with van der Waals surface area (Å²) in [5.41, 5.74) is 0. The zero-order valence-corrected chi connectivity index (χ0v) is 45.1. The van der Waals surface area contributed by atoms with E-state index in [-0.39, 0.29) is 25.9 Å². The van der Waals surface area contributed by atoms with Crippen molar-refractivity contribution < 1.29 is 52.2 Å². The van der Waals surface area contributed by atoms with Crippen molar-refractivity contribution in [2.45, 2.75) is 238 Å². The molecule has 12 heteroatoms. The largest absolute Gasteiger partial charge is 0.472 e. The Hall–Kier alpha value is -3.34. The van der Waals surface area contributed by atoms with Crippen LogP contribution in [0.3, 0.4) is 0 Å². The first-order valence-electron chi connectivity index (χ1n) is 27.5. The first-order chi connectivity index (χ1) is 34.2. The van der Waals surface area contributed by atoms with Crippen molar-refractivity contribution >= 4 is 25.7 Å². The van der Waals surface area contributed by atoms with Crippen LogP contribution in [-0.4, -0.2) is 66.5 Å². The van der Waals surface area contributed by atoms with Crippen LogP contribution in [0.25, 0.3) is 0 Å². The number of ether oxygens (including phenoxy) is 3. The van der Waals surface area contributed by atoms with Gasteiger partial charge >= 0.3 is 25.7 Å². The SMILES string of the molecule is CC/C=C\C/C=C\C/C=C\C/C=C\CCC(=O)OC(CO)COP(=O)(O)OCC(COC(=O)CCCCCCCCCCCCCCC)OC(=O)CCCCCCCCC/C=C\C/C=C\C/C=C\CC. The minimum absolute atomic E-state index is 0.0534. The number of hydrogen-bond acceptors (Lipinski definition) is 10. The molecular formula is C58H99O11P. The first kappa shape index (κ1) is 66.7. The third kappa shape index (κ3) is 49.6. The van der Waals surface area contributed by atoms with Gasteiger partial charge in [0, 0.05) is 19.3 Å². The topological polar surface area (TPSA) is 155 Å². The molecule has 2 N–H and O–H groups in total. The van der Waals surface area contributed by atoms with E-state index < -0.39 is 57.8 Å². The zero-order chi connectivity index (χ0) is 51.3. The highest BCUT2D eigenvalue weighted by Crippen LogP contribution is 2.43. The minimum Gasteiger partial charge on any atom is -0.462 e. The summed E-state index contributed by atoms with van der Waals surface area (Å²) in [5.74, 6) is -1.56. The summed E-state index contributed by atoms with van der Waals surface area (Å²) in [6, 6.07) is 0. The molecule has 3 atom stereocenters. The van der Waals surface area contributed by atoms with Gasteiger partial charge in [0.1, 0.15) is 12.7 Å². The molecule has 0 rings (SSSR count). The molecule has 0 aromatic rings. The molecule has 0 radical (unpaired) electrons. The highest BCUT2D eigenvalue weighted by molar-refractivity contribution is 7.47. The molecule has 0 spiro atoms. The predicted molar refractivity (Wildman–Crippen MR) is 288 cm³/mol. The maximum Gasteiger partial charge on any atom is 0.472 e. The fourth-order valence-electron chi connectivity index (χ4n) is 7.21. The van der Waals surface area contributed by atoms with Crippen molar-refractivity contribution in [3.8, 4) is 0 Å². The van der Waals surface area contributed by atoms with E-state index in [1.165, 1.54) is 64.2 Å². The monoisotopic (exact) mass is 1000 g/mol. The second kappa shape index (κ2) is 52.0. The van der Waals surface area contributed by atoms with E-state index >= 15 is 0 Å². The number of unbranched alkanes of at least 4 members (excludes halogenated alkanes) is 19. The van der Waals surface area contributed by atoms with Crippen LogP contribution in [-0.2, 0) is 42.2 Å². The fraction of sp³-hybridized carbons (Fsp3) is 0.707. The van der Waals surface area contributed by atoms with Crippen LogP contribution in [0.1, 0.15) is 226 Å². The Morgan fingerprint density at radius 1 is 0.414 bits per heavy atom. The third-order valence-corrected chi connectivity index (χ3v) is 12.3. The van der Waals surface area contributed by atoms with Gasteiger partial charge in [-0.1, -0.05) is 215 Å². The van der Waals surface area contributed by atoms with Crippen LogP contribution in [0.15, 0.2) is 85.1 Å². The number of carbonyl (C=O) groups excluding carboxylic acids is 3. The molecule has 0 saturated heterocycles. The molecule has 0 heterocycles. The van der Waals surface area contributed by atoms with Gasteiger partial charge in [0.2, 0.25) is 0 Å². The van der Waals surface area contributed by atoms with E-state index in [0.29, 0.717) is 19.3 Å². The number of allylic oxidation sites excluding steroid dienone is 14. The summed E-state index contributed by atoms with van der Waals surface area (Å²) in [7, 11) is -4.77. The Morgan fingerprint density at radius 3 is 1.23 bits per heavy atom. The number of phosphoric ester groups is 1. The Balaban J connectivity index is 4.80. The van der Waals surface area contributed by atoms with Gasteiger partial charge in [-0.25, -0.2) is 4.57 Å². The average Bonchev–Trinajstić information content (AvgIpc) is 3.35. The maximum absolute atomic E-state index is 12.9. The number of esters is 3. The number of carbonyl (C=O) groups is 3. The molecule has 0 aliphatic carbocycles. The van der Waals surface area contributed by atoms with E-state index in [1.54, 1.807) is 0 Å². The van der Waals surface area contributed by atoms with Gasteiger partial charge in [-0.2, -0.15) is 0 Å². The summed E-state index contributed by atoms with van der Waals surface area (Å²) in [6.07, 6.45) is 58.5. The van der Waals surface area contributed by atoms with Crippen LogP contribution < -0.4 is 0 Å². The summed E-state index contributed by atoms with van der Waals surface area (Å²) >= 11 is 0. The number of hydrogen-bond donors (Lipinski definition) is 2. The fourth-order valence-corrected chi connectivity index (χ4v) is 7.99. The Labute approximate surface area is 426 Å². The van der Waals surface area contributed by atoms with E-state index in [9.17, 15) is 28.9 Å². The smallest absolute Gasteiger partial charge is 0.462 e. The molecule has 3 unspecified atom stereocenters. The molecule has 70 heavy (non-hydrogen) atoms. The number of aliphatic hydroxyl groups excluding tert-OH is 1. The first-order valence-corrected chi connectivity index (χ1v) is 29.0. The van der Waals surface area contributed by atoms with E-state index in [2.05, 4.69) is 93.7 Å². The lowest BCUT2D eigenvalue weighted by Gasteiger charge is -2.21. The van der Waals surface area contributed by atoms with Crippen LogP contribution in [0.5, 0.6) is 0 Å². The van der Waals surface area contributed by atoms with Crippen molar-refractivity contribution in [2.24, 2.45) is 0 Å². The maximum atomic E-state index is 12.9. The molecular weight excluding hydrogens is 904 g/mol. The second-order valence-electron chi connectivity index (χ2n) is 18.0. The summed E-state index contributed by atoms with van der Waals surface area (Å²) in [6.45, 7) is 4.32. The summed E-state index contributed by atoms with van der Waals surface area (Å²) in [4.78, 5) is 48.4. The van der Waals surface area contributed by atoms with Gasteiger partial charge in [-0.05, 0) is 77.0 Å². The lowest BCUT2D eigenvalue weighted by Crippen LogP contribution is -2.30. The Kier molecular flexibility index (Phi) is 49.5. The van der Waals surface area contributed by atoms with Crippen molar-refractivity contribution in [3.63, 3.8) is 0 Å². The average molecular weight is 1000 g/mol. The number of rotatable bonds is 50. The summed E-state index contributed by atoms with van der Waals surface area (Å²) < 4.78 is 39.4. The summed E-state index contributed by atoms with van der Waals surface area (Å²) in [5, 5.41) is 9.77. The molecule has 0 aromatic carbocycles. The third-order valence-electron chi connectivity index (χ3n) is 11.3. The van der Waals surface area contributed by atoms with Crippen molar-refractivity contribution in [3.05, 3.63) is 85.1 Å². The molecule has 0 aliphatic heterocycles. The Bertz CT molecular complexity index is 1500. The number of aliphatic hydroxyl groups is 1. The molecule has 0 bridgehead atoms. The molecule has 0 aromatic heterocycles. The number of phosphoric acid groups is 1. The van der Waals surface area contributed by atoms with Crippen LogP contribution in [0, 0.1) is 0 Å². The highest BCUT2D eigenvalue weighted by atomic mass is 31.2. The van der Waals surface area contributed by atoms with Gasteiger partial charge in [0.15, 0.2) is 6.10 Å². The molecule has 0 aliphatic rings. The van der Waals surface area contributed by atoms with Crippen LogP contribution in [0.4, 0.5) is 0 Å². The van der Waals surface area contributed by atoms with E-state index in [4.69, 9.17) is 23.3 Å². The van der Waals surface area contributed by atoms with Gasteiger partial charge < -0.3 is 24.2 Å². The normalized spacial score (nSPS) is 14.1. The standard InChI is InChI=1S/C58H99O11P/c1-4-7-10-13-16-19-22-25-26-27-28-31-34-37-40-43-46-49-58(62)69-55(51-65-56(60)47-44-41-38-35-32-29-23-20-17-14-11-8-5-2)53-67-70(63,64)66-52-54(50-59)68-57(61)48-45-42-39-36-33-30-24-21-18-15-12-9-6-3/h7,9-10,12,16,18-19,21,25-26,30,33,39,42,54-55,59H,4-6,8,11,13-15,17,20,22-24,27-29,31-32,34-38,40-41,43-53H2,1-3H3,(H,63,64)/b10-7-,12-9-,19-16-,21-18-,26-25-,33-30-,42-39-. The van der Waals surface area contributed by atoms with Crippen LogP contribution in [0.2, 0.25) is 0 Å². The van der Waals surface area contributed by atoms with Crippen LogP contribution >= 0.6 is 7.82 Å². The lowest BCUT2D eigenvalue weighted by molar-refractivity contribution is -0.161. The van der Waals surface area contributed by atoms with Gasteiger partial charge in [0.05, 0.1) is 19.8 Å². The van der Waals surface area contributed by atoms with Gasteiger partial charge in [-0.3, -0.25) is 23.4 Å². The highest BCUT2D eigenvalue weighted by Gasteiger charge is 2.28. The molecule has 0 saturated carbocycles. The quantitative estimate of drug-likeness (QED) is 0.0197. The van der Waals surface area contributed by atoms with E-state index in [0.717, 1.165) is 103 Å².